The summed E-state index contributed by atoms with van der Waals surface area (Å²) in [4.78, 5) is 26.5. The van der Waals surface area contributed by atoms with Gasteiger partial charge in [0.1, 0.15) is 5.92 Å². The van der Waals surface area contributed by atoms with Crippen molar-refractivity contribution in [3.8, 4) is 0 Å². The Labute approximate surface area is 132 Å². The fourth-order valence-electron chi connectivity index (χ4n) is 2.91. The average Bonchev–Trinajstić information content (AvgIpc) is 3.09. The van der Waals surface area contributed by atoms with Crippen molar-refractivity contribution in [2.24, 2.45) is 5.92 Å². The molecule has 1 aromatic carbocycles. The summed E-state index contributed by atoms with van der Waals surface area (Å²) >= 11 is 3.46. The van der Waals surface area contributed by atoms with Crippen molar-refractivity contribution in [2.75, 3.05) is 24.5 Å². The van der Waals surface area contributed by atoms with Crippen LogP contribution >= 0.6 is 15.9 Å². The van der Waals surface area contributed by atoms with E-state index in [0.29, 0.717) is 13.0 Å². The topological polar surface area (TPSA) is 61.4 Å². The lowest BCUT2D eigenvalue weighted by Gasteiger charge is -2.19. The lowest BCUT2D eigenvalue weighted by Crippen LogP contribution is -2.42. The summed E-state index contributed by atoms with van der Waals surface area (Å²) in [7, 11) is 0. The number of amides is 2. The van der Waals surface area contributed by atoms with Crippen LogP contribution in [0.25, 0.3) is 0 Å². The molecule has 0 aromatic heterocycles. The first-order valence-corrected chi connectivity index (χ1v) is 8.03. The molecule has 2 saturated heterocycles. The zero-order chi connectivity index (χ0) is 14.8. The summed E-state index contributed by atoms with van der Waals surface area (Å²) in [6.07, 6.45) is 1.51. The van der Waals surface area contributed by atoms with Crippen LogP contribution in [-0.4, -0.2) is 37.5 Å². The summed E-state index contributed by atoms with van der Waals surface area (Å²) in [5.41, 5.74) is 0.834. The Kier molecular flexibility index (Phi) is 4.26. The Morgan fingerprint density at radius 2 is 2.14 bits per heavy atom. The Balaban J connectivity index is 1.68. The van der Waals surface area contributed by atoms with Gasteiger partial charge in [0.25, 0.3) is 0 Å². The molecule has 112 valence electrons. The van der Waals surface area contributed by atoms with Crippen LogP contribution in [0.5, 0.6) is 0 Å². The van der Waals surface area contributed by atoms with Crippen LogP contribution in [0.2, 0.25) is 0 Å². The van der Waals surface area contributed by atoms with E-state index in [1.807, 2.05) is 24.3 Å². The van der Waals surface area contributed by atoms with E-state index in [9.17, 15) is 9.59 Å². The molecular formula is C15H18BrN3O2. The van der Waals surface area contributed by atoms with Gasteiger partial charge in [-0.15, -0.1) is 0 Å². The van der Waals surface area contributed by atoms with Gasteiger partial charge in [0.2, 0.25) is 11.8 Å². The minimum Gasteiger partial charge on any atom is -0.351 e. The quantitative estimate of drug-likeness (QED) is 0.806. The highest BCUT2D eigenvalue weighted by atomic mass is 79.9. The second-order valence-corrected chi connectivity index (χ2v) is 6.34. The maximum Gasteiger partial charge on any atom is 0.239 e. The minimum atomic E-state index is -0.558. The number of hydrogen-bond donors (Lipinski definition) is 2. The molecule has 0 aliphatic carbocycles. The zero-order valence-corrected chi connectivity index (χ0v) is 13.2. The van der Waals surface area contributed by atoms with Crippen molar-refractivity contribution in [1.82, 2.24) is 10.6 Å². The maximum atomic E-state index is 12.5. The van der Waals surface area contributed by atoms with E-state index in [1.54, 1.807) is 4.90 Å². The third-order valence-corrected chi connectivity index (χ3v) is 4.74. The number of carbonyl (C=O) groups excluding carboxylic acids is 2. The van der Waals surface area contributed by atoms with Gasteiger partial charge in [-0.25, -0.2) is 0 Å². The molecule has 2 amide bonds. The number of halogens is 1. The van der Waals surface area contributed by atoms with E-state index in [2.05, 4.69) is 26.6 Å². The van der Waals surface area contributed by atoms with Crippen molar-refractivity contribution >= 4 is 33.4 Å². The predicted octanol–water partition coefficient (Wildman–Crippen LogP) is 1.28. The molecule has 21 heavy (non-hydrogen) atoms. The second kappa shape index (κ2) is 6.15. The van der Waals surface area contributed by atoms with Gasteiger partial charge in [0.15, 0.2) is 0 Å². The number of rotatable bonds is 3. The van der Waals surface area contributed by atoms with Gasteiger partial charge in [0, 0.05) is 23.6 Å². The van der Waals surface area contributed by atoms with E-state index in [4.69, 9.17) is 0 Å². The van der Waals surface area contributed by atoms with Gasteiger partial charge in [-0.2, -0.15) is 0 Å². The van der Waals surface area contributed by atoms with Crippen LogP contribution in [0.1, 0.15) is 12.8 Å². The maximum absolute atomic E-state index is 12.5. The van der Waals surface area contributed by atoms with Crippen LogP contribution in [0.15, 0.2) is 28.7 Å². The van der Waals surface area contributed by atoms with Gasteiger partial charge in [-0.05, 0) is 47.4 Å². The van der Waals surface area contributed by atoms with Crippen LogP contribution in [0.3, 0.4) is 0 Å². The average molecular weight is 352 g/mol. The Hall–Kier alpha value is -1.40. The molecule has 2 aliphatic heterocycles. The van der Waals surface area contributed by atoms with Gasteiger partial charge in [-0.3, -0.25) is 9.59 Å². The van der Waals surface area contributed by atoms with Crippen molar-refractivity contribution in [1.29, 1.82) is 0 Å². The first kappa shape index (κ1) is 14.5. The van der Waals surface area contributed by atoms with E-state index in [0.717, 1.165) is 29.7 Å². The highest BCUT2D eigenvalue weighted by Crippen LogP contribution is 2.31. The molecule has 2 atom stereocenters. The van der Waals surface area contributed by atoms with Crippen LogP contribution in [0, 0.1) is 5.92 Å². The summed E-state index contributed by atoms with van der Waals surface area (Å²) in [6, 6.07) is 7.75. The van der Waals surface area contributed by atoms with Gasteiger partial charge < -0.3 is 15.5 Å². The van der Waals surface area contributed by atoms with Crippen LogP contribution < -0.4 is 15.5 Å². The highest BCUT2D eigenvalue weighted by Gasteiger charge is 2.38. The fourth-order valence-corrected chi connectivity index (χ4v) is 3.41. The Bertz CT molecular complexity index is 558. The normalized spacial score (nSPS) is 25.4. The molecule has 6 heteroatoms. The number of hydrogen-bond acceptors (Lipinski definition) is 3. The molecule has 5 nitrogen and oxygen atoms in total. The summed E-state index contributed by atoms with van der Waals surface area (Å²) < 4.78 is 0.874. The molecule has 2 unspecified atom stereocenters. The molecule has 2 N–H and O–H groups in total. The third kappa shape index (κ3) is 2.96. The minimum absolute atomic E-state index is 0.106. The van der Waals surface area contributed by atoms with E-state index >= 15 is 0 Å². The van der Waals surface area contributed by atoms with Gasteiger partial charge >= 0.3 is 0 Å². The fraction of sp³-hybridized carbons (Fsp3) is 0.467. The molecule has 0 radical (unpaired) electrons. The third-order valence-electron chi connectivity index (χ3n) is 4.07. The standard InChI is InChI=1S/C15H18BrN3O2/c16-12-3-1-2-4-13(12)19-8-6-11(15(19)21)14(20)18-10-5-7-17-9-10/h1-4,10-11,17H,5-9H2,(H,18,20). The number of anilines is 1. The molecule has 2 heterocycles. The Morgan fingerprint density at radius 1 is 1.33 bits per heavy atom. The van der Waals surface area contributed by atoms with Crippen molar-refractivity contribution in [3.63, 3.8) is 0 Å². The largest absolute Gasteiger partial charge is 0.351 e. The monoisotopic (exact) mass is 351 g/mol. The number of nitrogens with one attached hydrogen (secondary N) is 2. The van der Waals surface area contributed by atoms with E-state index < -0.39 is 5.92 Å². The number of para-hydroxylation sites is 1. The van der Waals surface area contributed by atoms with Crippen molar-refractivity contribution in [2.45, 2.75) is 18.9 Å². The molecule has 0 bridgehead atoms. The summed E-state index contributed by atoms with van der Waals surface area (Å²) in [5, 5.41) is 6.18. The van der Waals surface area contributed by atoms with Gasteiger partial charge in [-0.1, -0.05) is 12.1 Å². The zero-order valence-electron chi connectivity index (χ0n) is 11.6. The Morgan fingerprint density at radius 3 is 2.86 bits per heavy atom. The van der Waals surface area contributed by atoms with Crippen LogP contribution in [0.4, 0.5) is 5.69 Å². The first-order valence-electron chi connectivity index (χ1n) is 7.24. The smallest absolute Gasteiger partial charge is 0.239 e. The molecular weight excluding hydrogens is 334 g/mol. The van der Waals surface area contributed by atoms with Crippen molar-refractivity contribution in [3.05, 3.63) is 28.7 Å². The lowest BCUT2D eigenvalue weighted by molar-refractivity contribution is -0.132. The molecule has 3 rings (SSSR count). The van der Waals surface area contributed by atoms with Crippen LogP contribution in [-0.2, 0) is 9.59 Å². The second-order valence-electron chi connectivity index (χ2n) is 5.48. The number of carbonyl (C=O) groups is 2. The molecule has 1 aromatic rings. The van der Waals surface area contributed by atoms with Crippen molar-refractivity contribution < 1.29 is 9.59 Å². The molecule has 0 saturated carbocycles. The molecule has 2 aliphatic rings. The SMILES string of the molecule is O=C(NC1CCNC1)C1CCN(c2ccccc2Br)C1=O. The van der Waals surface area contributed by atoms with E-state index in [1.165, 1.54) is 0 Å². The number of nitrogens with zero attached hydrogens (tertiary/aromatic N) is 1. The lowest BCUT2D eigenvalue weighted by atomic mass is 10.1. The summed E-state index contributed by atoms with van der Waals surface area (Å²) in [6.45, 7) is 2.30. The van der Waals surface area contributed by atoms with E-state index in [-0.39, 0.29) is 17.9 Å². The van der Waals surface area contributed by atoms with Gasteiger partial charge in [0.05, 0.1) is 5.69 Å². The summed E-state index contributed by atoms with van der Waals surface area (Å²) in [5.74, 6) is -0.800. The number of benzene rings is 1. The molecule has 2 fully saturated rings. The first-order chi connectivity index (χ1) is 10.2. The predicted molar refractivity (Wildman–Crippen MR) is 84.0 cm³/mol. The molecule has 0 spiro atoms. The highest BCUT2D eigenvalue weighted by molar-refractivity contribution is 9.10.